The molecular formula is C12H27N2+. The fourth-order valence-corrected chi connectivity index (χ4v) is 2.49. The summed E-state index contributed by atoms with van der Waals surface area (Å²) < 4.78 is 1.15. The first-order valence-electron chi connectivity index (χ1n) is 5.91. The Balaban J connectivity index is 2.78. The molecule has 1 aliphatic heterocycles. The molecule has 2 nitrogen and oxygen atoms in total. The maximum Gasteiger partial charge on any atom is 0.135 e. The summed E-state index contributed by atoms with van der Waals surface area (Å²) in [4.78, 5) is 2.70. The number of likely N-dealkylation sites (N-methyl/N-ethyl adjacent to an activating group) is 1. The standard InChI is InChI=1S/C12H27N2/c1-7-11-9-14(5,6)10-13(11)12(3,4)8-2/h11H,7-10H2,1-6H3/q+1. The average Bonchev–Trinajstić information content (AvgIpc) is 2.42. The van der Waals surface area contributed by atoms with Crippen LogP contribution in [0.1, 0.15) is 40.5 Å². The first-order valence-corrected chi connectivity index (χ1v) is 5.91. The summed E-state index contributed by atoms with van der Waals surface area (Å²) in [5.41, 5.74) is 0.368. The highest BCUT2D eigenvalue weighted by atomic mass is 15.5. The van der Waals surface area contributed by atoms with Gasteiger partial charge in [0.05, 0.1) is 26.7 Å². The number of quaternary nitrogens is 1. The van der Waals surface area contributed by atoms with Crippen molar-refractivity contribution in [1.29, 1.82) is 0 Å². The van der Waals surface area contributed by atoms with E-state index in [4.69, 9.17) is 0 Å². The summed E-state index contributed by atoms with van der Waals surface area (Å²) in [5.74, 6) is 0. The Hall–Kier alpha value is -0.0800. The molecule has 1 heterocycles. The molecule has 1 saturated heterocycles. The highest BCUT2D eigenvalue weighted by molar-refractivity contribution is 4.86. The van der Waals surface area contributed by atoms with Crippen LogP contribution in [0.25, 0.3) is 0 Å². The van der Waals surface area contributed by atoms with Crippen LogP contribution in [0.3, 0.4) is 0 Å². The fraction of sp³-hybridized carbons (Fsp3) is 1.00. The molecule has 1 atom stereocenters. The van der Waals surface area contributed by atoms with Gasteiger partial charge in [-0.1, -0.05) is 13.8 Å². The molecule has 14 heavy (non-hydrogen) atoms. The lowest BCUT2D eigenvalue weighted by molar-refractivity contribution is -0.883. The zero-order valence-electron chi connectivity index (χ0n) is 10.8. The van der Waals surface area contributed by atoms with E-state index in [2.05, 4.69) is 46.7 Å². The second kappa shape index (κ2) is 3.82. The van der Waals surface area contributed by atoms with E-state index in [0.29, 0.717) is 5.54 Å². The van der Waals surface area contributed by atoms with E-state index in [1.54, 1.807) is 0 Å². The van der Waals surface area contributed by atoms with Gasteiger partial charge in [0.25, 0.3) is 0 Å². The second-order valence-electron chi connectivity index (χ2n) is 5.96. The molecule has 84 valence electrons. The molecule has 0 bridgehead atoms. The Morgan fingerprint density at radius 3 is 2.29 bits per heavy atom. The van der Waals surface area contributed by atoms with Gasteiger partial charge in [0, 0.05) is 5.54 Å². The first-order chi connectivity index (χ1) is 6.32. The van der Waals surface area contributed by atoms with Gasteiger partial charge in [-0.05, 0) is 26.7 Å². The van der Waals surface area contributed by atoms with E-state index >= 15 is 0 Å². The normalized spacial score (nSPS) is 28.3. The first kappa shape index (κ1) is 12.0. The van der Waals surface area contributed by atoms with Crippen molar-refractivity contribution in [1.82, 2.24) is 4.90 Å². The smallest absolute Gasteiger partial charge is 0.135 e. The van der Waals surface area contributed by atoms with Crippen molar-refractivity contribution in [2.75, 3.05) is 27.3 Å². The third-order valence-corrected chi connectivity index (χ3v) is 3.79. The minimum atomic E-state index is 0.368. The third kappa shape index (κ3) is 2.29. The molecule has 0 saturated carbocycles. The summed E-state index contributed by atoms with van der Waals surface area (Å²) in [6, 6.07) is 0.778. The molecule has 0 aromatic carbocycles. The average molecular weight is 199 g/mol. The molecule has 1 unspecified atom stereocenters. The number of rotatable bonds is 3. The van der Waals surface area contributed by atoms with Gasteiger partial charge in [-0.3, -0.25) is 0 Å². The second-order valence-corrected chi connectivity index (χ2v) is 5.96. The Morgan fingerprint density at radius 2 is 1.86 bits per heavy atom. The minimum absolute atomic E-state index is 0.368. The Bertz CT molecular complexity index is 196. The molecule has 1 rings (SSSR count). The molecule has 0 radical (unpaired) electrons. The maximum atomic E-state index is 2.70. The molecule has 0 aromatic rings. The predicted molar refractivity (Wildman–Crippen MR) is 62.1 cm³/mol. The zero-order valence-corrected chi connectivity index (χ0v) is 10.8. The summed E-state index contributed by atoms with van der Waals surface area (Å²) >= 11 is 0. The Morgan fingerprint density at radius 1 is 1.29 bits per heavy atom. The van der Waals surface area contributed by atoms with Crippen molar-refractivity contribution in [2.45, 2.75) is 52.1 Å². The number of hydrogen-bond acceptors (Lipinski definition) is 1. The van der Waals surface area contributed by atoms with Gasteiger partial charge in [0.15, 0.2) is 0 Å². The van der Waals surface area contributed by atoms with E-state index in [1.165, 1.54) is 26.1 Å². The van der Waals surface area contributed by atoms with E-state index in [0.717, 1.165) is 10.5 Å². The molecule has 1 fully saturated rings. The van der Waals surface area contributed by atoms with Gasteiger partial charge in [0.1, 0.15) is 6.67 Å². The summed E-state index contributed by atoms with van der Waals surface area (Å²) in [6.07, 6.45) is 2.52. The molecule has 0 aromatic heterocycles. The van der Waals surface area contributed by atoms with Gasteiger partial charge >= 0.3 is 0 Å². The fourth-order valence-electron chi connectivity index (χ4n) is 2.49. The van der Waals surface area contributed by atoms with E-state index < -0.39 is 0 Å². The highest BCUT2D eigenvalue weighted by Crippen LogP contribution is 2.29. The zero-order chi connectivity index (χ0) is 11.0. The van der Waals surface area contributed by atoms with E-state index in [-0.39, 0.29) is 0 Å². The van der Waals surface area contributed by atoms with Crippen molar-refractivity contribution >= 4 is 0 Å². The lowest BCUT2D eigenvalue weighted by Crippen LogP contribution is -2.48. The van der Waals surface area contributed by atoms with Crippen molar-refractivity contribution in [3.8, 4) is 0 Å². The molecule has 2 heteroatoms. The molecule has 1 aliphatic rings. The monoisotopic (exact) mass is 199 g/mol. The van der Waals surface area contributed by atoms with Crippen LogP contribution >= 0.6 is 0 Å². The highest BCUT2D eigenvalue weighted by Gasteiger charge is 2.43. The van der Waals surface area contributed by atoms with E-state index in [1.807, 2.05) is 0 Å². The number of nitrogens with zero attached hydrogens (tertiary/aromatic N) is 2. The van der Waals surface area contributed by atoms with Gasteiger partial charge in [-0.2, -0.15) is 0 Å². The molecule has 0 spiro atoms. The van der Waals surface area contributed by atoms with Crippen LogP contribution in [0.5, 0.6) is 0 Å². The maximum absolute atomic E-state index is 2.70. The van der Waals surface area contributed by atoms with Crippen molar-refractivity contribution in [2.24, 2.45) is 0 Å². The molecule has 0 aliphatic carbocycles. The largest absolute Gasteiger partial charge is 0.315 e. The third-order valence-electron chi connectivity index (χ3n) is 3.79. The number of hydrogen-bond donors (Lipinski definition) is 0. The minimum Gasteiger partial charge on any atom is -0.315 e. The van der Waals surface area contributed by atoms with Crippen LogP contribution < -0.4 is 0 Å². The van der Waals surface area contributed by atoms with Crippen LogP contribution in [0.15, 0.2) is 0 Å². The Labute approximate surface area is 89.5 Å². The molecule has 0 amide bonds. The van der Waals surface area contributed by atoms with Gasteiger partial charge in [-0.25, -0.2) is 4.90 Å². The summed E-state index contributed by atoms with van der Waals surface area (Å²) in [6.45, 7) is 11.9. The quantitative estimate of drug-likeness (QED) is 0.630. The SMILES string of the molecule is CCC1C[N+](C)(C)CN1C(C)(C)CC. The van der Waals surface area contributed by atoms with Crippen LogP contribution in [-0.2, 0) is 0 Å². The Kier molecular flexibility index (Phi) is 3.27. The molecule has 0 N–H and O–H groups in total. The van der Waals surface area contributed by atoms with Crippen molar-refractivity contribution in [3.05, 3.63) is 0 Å². The summed E-state index contributed by atoms with van der Waals surface area (Å²) in [5, 5.41) is 0. The summed E-state index contributed by atoms with van der Waals surface area (Å²) in [7, 11) is 4.68. The van der Waals surface area contributed by atoms with Crippen molar-refractivity contribution in [3.63, 3.8) is 0 Å². The van der Waals surface area contributed by atoms with Gasteiger partial charge in [-0.15, -0.1) is 0 Å². The predicted octanol–water partition coefficient (Wildman–Crippen LogP) is 2.30. The van der Waals surface area contributed by atoms with Crippen LogP contribution in [-0.4, -0.2) is 48.3 Å². The topological polar surface area (TPSA) is 3.24 Å². The van der Waals surface area contributed by atoms with E-state index in [9.17, 15) is 0 Å². The van der Waals surface area contributed by atoms with Crippen LogP contribution in [0.4, 0.5) is 0 Å². The van der Waals surface area contributed by atoms with Crippen LogP contribution in [0, 0.1) is 0 Å². The molecular weight excluding hydrogens is 172 g/mol. The van der Waals surface area contributed by atoms with Crippen molar-refractivity contribution < 1.29 is 4.48 Å². The van der Waals surface area contributed by atoms with Gasteiger partial charge < -0.3 is 4.48 Å². The lowest BCUT2D eigenvalue weighted by atomic mass is 9.97. The lowest BCUT2D eigenvalue weighted by Gasteiger charge is -2.36. The van der Waals surface area contributed by atoms with Gasteiger partial charge in [0.2, 0.25) is 0 Å². The van der Waals surface area contributed by atoms with Crippen LogP contribution in [0.2, 0.25) is 0 Å².